The maximum absolute atomic E-state index is 6.42. The van der Waals surface area contributed by atoms with Crippen molar-refractivity contribution in [2.45, 2.75) is 32.4 Å². The van der Waals surface area contributed by atoms with Crippen LogP contribution in [-0.4, -0.2) is 24.5 Å². The van der Waals surface area contributed by atoms with Crippen molar-refractivity contribution in [2.24, 2.45) is 5.73 Å². The zero-order valence-corrected chi connectivity index (χ0v) is 13.3. The minimum atomic E-state index is 0.0476. The zero-order valence-electron chi connectivity index (χ0n) is 13.3. The lowest BCUT2D eigenvalue weighted by Crippen LogP contribution is -2.39. The molecule has 2 aromatic rings. The van der Waals surface area contributed by atoms with Crippen LogP contribution in [-0.2, 0) is 6.42 Å². The summed E-state index contributed by atoms with van der Waals surface area (Å²) >= 11 is 0. The van der Waals surface area contributed by atoms with Crippen LogP contribution in [0.15, 0.2) is 54.6 Å². The van der Waals surface area contributed by atoms with Gasteiger partial charge in [0, 0.05) is 18.6 Å². The average Bonchev–Trinajstić information content (AvgIpc) is 2.53. The van der Waals surface area contributed by atoms with Crippen molar-refractivity contribution in [1.29, 1.82) is 0 Å². The van der Waals surface area contributed by atoms with E-state index in [0.29, 0.717) is 6.04 Å². The first kappa shape index (κ1) is 15.7. The highest BCUT2D eigenvalue weighted by molar-refractivity contribution is 5.25. The summed E-state index contributed by atoms with van der Waals surface area (Å²) < 4.78 is 0. The van der Waals surface area contributed by atoms with E-state index in [1.165, 1.54) is 16.7 Å². The Kier molecular flexibility index (Phi) is 5.54. The molecule has 21 heavy (non-hydrogen) atoms. The van der Waals surface area contributed by atoms with Crippen molar-refractivity contribution in [3.05, 3.63) is 71.3 Å². The van der Waals surface area contributed by atoms with Crippen LogP contribution in [0.2, 0.25) is 0 Å². The monoisotopic (exact) mass is 282 g/mol. The van der Waals surface area contributed by atoms with Crippen LogP contribution in [0, 0.1) is 6.92 Å². The maximum atomic E-state index is 6.42. The molecule has 2 rings (SSSR count). The number of benzene rings is 2. The summed E-state index contributed by atoms with van der Waals surface area (Å²) in [4.78, 5) is 2.34. The SMILES string of the molecule is Cc1ccc(C(N)C(C)N(C)CCc2ccccc2)cc1. The maximum Gasteiger partial charge on any atom is 0.0450 e. The van der Waals surface area contributed by atoms with Gasteiger partial charge in [-0.1, -0.05) is 60.2 Å². The Morgan fingerprint density at radius 2 is 1.62 bits per heavy atom. The van der Waals surface area contributed by atoms with Gasteiger partial charge in [-0.2, -0.15) is 0 Å². The average molecular weight is 282 g/mol. The molecule has 0 fully saturated rings. The Bertz CT molecular complexity index is 533. The van der Waals surface area contributed by atoms with E-state index < -0.39 is 0 Å². The molecule has 0 amide bonds. The number of hydrogen-bond donors (Lipinski definition) is 1. The van der Waals surface area contributed by atoms with Gasteiger partial charge >= 0.3 is 0 Å². The third-order valence-corrected chi connectivity index (χ3v) is 4.27. The molecule has 0 saturated heterocycles. The van der Waals surface area contributed by atoms with Gasteiger partial charge in [0.25, 0.3) is 0 Å². The molecule has 2 nitrogen and oxygen atoms in total. The van der Waals surface area contributed by atoms with E-state index in [-0.39, 0.29) is 6.04 Å². The second-order valence-electron chi connectivity index (χ2n) is 5.89. The molecule has 2 heteroatoms. The normalized spacial score (nSPS) is 14.1. The molecule has 112 valence electrons. The van der Waals surface area contributed by atoms with Gasteiger partial charge < -0.3 is 10.6 Å². The Hall–Kier alpha value is -1.64. The lowest BCUT2D eigenvalue weighted by Gasteiger charge is -2.30. The summed E-state index contributed by atoms with van der Waals surface area (Å²) in [6, 6.07) is 19.5. The molecule has 2 unspecified atom stereocenters. The third kappa shape index (κ3) is 4.42. The molecule has 2 atom stereocenters. The quantitative estimate of drug-likeness (QED) is 0.878. The second kappa shape index (κ2) is 7.39. The van der Waals surface area contributed by atoms with Gasteiger partial charge in [-0.15, -0.1) is 0 Å². The topological polar surface area (TPSA) is 29.3 Å². The van der Waals surface area contributed by atoms with Crippen LogP contribution in [0.3, 0.4) is 0 Å². The number of hydrogen-bond acceptors (Lipinski definition) is 2. The van der Waals surface area contributed by atoms with Crippen LogP contribution >= 0.6 is 0 Å². The van der Waals surface area contributed by atoms with Gasteiger partial charge in [-0.3, -0.25) is 0 Å². The summed E-state index contributed by atoms with van der Waals surface area (Å²) in [5, 5.41) is 0. The molecule has 0 aliphatic heterocycles. The number of rotatable bonds is 6. The molecule has 0 saturated carbocycles. The predicted octanol–water partition coefficient (Wildman–Crippen LogP) is 3.56. The lowest BCUT2D eigenvalue weighted by molar-refractivity contribution is 0.229. The van der Waals surface area contributed by atoms with Crippen molar-refractivity contribution >= 4 is 0 Å². The van der Waals surface area contributed by atoms with Crippen molar-refractivity contribution in [2.75, 3.05) is 13.6 Å². The Balaban J connectivity index is 1.92. The Morgan fingerprint density at radius 1 is 1.00 bits per heavy atom. The van der Waals surface area contributed by atoms with E-state index in [1.807, 2.05) is 0 Å². The van der Waals surface area contributed by atoms with Crippen LogP contribution in [0.4, 0.5) is 0 Å². The van der Waals surface area contributed by atoms with Gasteiger partial charge in [0.05, 0.1) is 0 Å². The van der Waals surface area contributed by atoms with E-state index in [2.05, 4.69) is 80.4 Å². The lowest BCUT2D eigenvalue weighted by atomic mass is 9.99. The zero-order chi connectivity index (χ0) is 15.2. The summed E-state index contributed by atoms with van der Waals surface area (Å²) in [6.07, 6.45) is 1.06. The molecule has 0 aromatic heterocycles. The van der Waals surface area contributed by atoms with Crippen LogP contribution < -0.4 is 5.73 Å². The predicted molar refractivity (Wildman–Crippen MR) is 90.3 cm³/mol. The van der Waals surface area contributed by atoms with Gasteiger partial charge in [0.1, 0.15) is 0 Å². The number of nitrogens with two attached hydrogens (primary N) is 1. The first-order chi connectivity index (χ1) is 10.1. The Labute approximate surface area is 128 Å². The minimum Gasteiger partial charge on any atom is -0.323 e. The largest absolute Gasteiger partial charge is 0.323 e. The van der Waals surface area contributed by atoms with E-state index in [1.54, 1.807) is 0 Å². The highest BCUT2D eigenvalue weighted by Crippen LogP contribution is 2.18. The number of likely N-dealkylation sites (N-methyl/N-ethyl adjacent to an activating group) is 1. The molecular formula is C19H26N2. The molecule has 0 radical (unpaired) electrons. The van der Waals surface area contributed by atoms with E-state index in [9.17, 15) is 0 Å². The standard InChI is InChI=1S/C19H26N2/c1-15-9-11-18(12-10-15)19(20)16(2)21(3)14-13-17-7-5-4-6-8-17/h4-12,16,19H,13-14,20H2,1-3H3. The van der Waals surface area contributed by atoms with E-state index in [4.69, 9.17) is 5.73 Å². The van der Waals surface area contributed by atoms with Crippen molar-refractivity contribution in [1.82, 2.24) is 4.90 Å². The van der Waals surface area contributed by atoms with Gasteiger partial charge in [-0.25, -0.2) is 0 Å². The first-order valence-corrected chi connectivity index (χ1v) is 7.64. The smallest absolute Gasteiger partial charge is 0.0450 e. The van der Waals surface area contributed by atoms with Crippen molar-refractivity contribution < 1.29 is 0 Å². The molecule has 0 aliphatic carbocycles. The number of aryl methyl sites for hydroxylation is 1. The van der Waals surface area contributed by atoms with E-state index >= 15 is 0 Å². The van der Waals surface area contributed by atoms with Crippen LogP contribution in [0.1, 0.15) is 29.7 Å². The first-order valence-electron chi connectivity index (χ1n) is 7.64. The minimum absolute atomic E-state index is 0.0476. The van der Waals surface area contributed by atoms with Crippen LogP contribution in [0.25, 0.3) is 0 Å². The van der Waals surface area contributed by atoms with Crippen LogP contribution in [0.5, 0.6) is 0 Å². The Morgan fingerprint density at radius 3 is 2.24 bits per heavy atom. The molecule has 0 aliphatic rings. The van der Waals surface area contributed by atoms with Gasteiger partial charge in [-0.05, 0) is 38.4 Å². The van der Waals surface area contributed by atoms with Crippen molar-refractivity contribution in [3.8, 4) is 0 Å². The van der Waals surface area contributed by atoms with E-state index in [0.717, 1.165) is 13.0 Å². The fourth-order valence-corrected chi connectivity index (χ4v) is 2.50. The van der Waals surface area contributed by atoms with Gasteiger partial charge in [0.15, 0.2) is 0 Å². The van der Waals surface area contributed by atoms with Crippen molar-refractivity contribution in [3.63, 3.8) is 0 Å². The second-order valence-corrected chi connectivity index (χ2v) is 5.89. The molecule has 2 N–H and O–H groups in total. The number of nitrogens with zero attached hydrogens (tertiary/aromatic N) is 1. The highest BCUT2D eigenvalue weighted by Gasteiger charge is 2.18. The molecule has 2 aromatic carbocycles. The molecule has 0 heterocycles. The summed E-state index contributed by atoms with van der Waals surface area (Å²) in [5.41, 5.74) is 10.3. The fraction of sp³-hybridized carbons (Fsp3) is 0.368. The highest BCUT2D eigenvalue weighted by atomic mass is 15.1. The summed E-state index contributed by atoms with van der Waals surface area (Å²) in [5.74, 6) is 0. The molecule has 0 bridgehead atoms. The summed E-state index contributed by atoms with van der Waals surface area (Å²) in [6.45, 7) is 5.32. The summed E-state index contributed by atoms with van der Waals surface area (Å²) in [7, 11) is 2.15. The molecular weight excluding hydrogens is 256 g/mol. The molecule has 0 spiro atoms. The fourth-order valence-electron chi connectivity index (χ4n) is 2.50. The third-order valence-electron chi connectivity index (χ3n) is 4.27. The van der Waals surface area contributed by atoms with Gasteiger partial charge in [0.2, 0.25) is 0 Å².